The van der Waals surface area contributed by atoms with Crippen molar-refractivity contribution in [2.45, 2.75) is 140 Å². The van der Waals surface area contributed by atoms with Crippen LogP contribution in [0.5, 0.6) is 0 Å². The van der Waals surface area contributed by atoms with E-state index in [-0.39, 0.29) is 55.0 Å². The molecule has 3 aliphatic rings. The number of aliphatic carboxylic acids is 1. The number of ketones is 1. The smallest absolute Gasteiger partial charge is 0.321 e. The van der Waals surface area contributed by atoms with Crippen molar-refractivity contribution < 1.29 is 53.8 Å². The molecule has 2 saturated heterocycles. The fourth-order valence-electron chi connectivity index (χ4n) is 6.99. The Bertz CT molecular complexity index is 1130. The average molecular weight is 703 g/mol. The highest BCUT2D eigenvalue weighted by molar-refractivity contribution is 7.99. The van der Waals surface area contributed by atoms with Crippen LogP contribution < -0.4 is 5.73 Å². The van der Waals surface area contributed by atoms with Crippen LogP contribution in [0.4, 0.5) is 0 Å². The Balaban J connectivity index is 2.02. The zero-order valence-electron chi connectivity index (χ0n) is 29.6. The number of rotatable bonds is 10. The van der Waals surface area contributed by atoms with Gasteiger partial charge in [0.05, 0.1) is 36.3 Å². The molecule has 6 N–H and O–H groups in total. The van der Waals surface area contributed by atoms with Crippen molar-refractivity contribution >= 4 is 29.5 Å². The third kappa shape index (κ3) is 10.7. The van der Waals surface area contributed by atoms with Crippen LogP contribution in [0.3, 0.4) is 0 Å². The summed E-state index contributed by atoms with van der Waals surface area (Å²) in [6.45, 7) is 11.1. The number of likely N-dealkylation sites (N-methyl/N-ethyl adjacent to an activating group) is 1. The van der Waals surface area contributed by atoms with Crippen LogP contribution in [0.1, 0.15) is 73.6 Å². The number of carboxylic acids is 1. The lowest BCUT2D eigenvalue weighted by Crippen LogP contribution is -2.56. The molecule has 276 valence electrons. The molecule has 0 saturated carbocycles. The number of carbonyl (C=O) groups excluding carboxylic acids is 2. The van der Waals surface area contributed by atoms with Gasteiger partial charge in [-0.3, -0.25) is 14.4 Å². The van der Waals surface area contributed by atoms with Gasteiger partial charge in [-0.15, -0.1) is 11.8 Å². The number of hydrogen-bond acceptors (Lipinski definition) is 13. The van der Waals surface area contributed by atoms with E-state index in [9.17, 15) is 34.8 Å². The molecule has 3 rings (SSSR count). The molecule has 0 aromatic carbocycles. The van der Waals surface area contributed by atoms with Crippen LogP contribution in [0.15, 0.2) is 12.2 Å². The maximum atomic E-state index is 13.5. The fourth-order valence-corrected chi connectivity index (χ4v) is 7.94. The lowest BCUT2D eigenvalue weighted by atomic mass is 9.79. The minimum atomic E-state index is -1.24. The van der Waals surface area contributed by atoms with E-state index in [1.54, 1.807) is 19.9 Å². The van der Waals surface area contributed by atoms with E-state index in [0.29, 0.717) is 12.8 Å². The number of esters is 1. The van der Waals surface area contributed by atoms with E-state index in [0.717, 1.165) is 11.8 Å². The summed E-state index contributed by atoms with van der Waals surface area (Å²) in [5.41, 5.74) is 3.89. The Labute approximate surface area is 288 Å². The molecule has 0 aromatic heterocycles. The monoisotopic (exact) mass is 702 g/mol. The van der Waals surface area contributed by atoms with Crippen molar-refractivity contribution in [2.24, 2.45) is 29.4 Å². The van der Waals surface area contributed by atoms with Crippen molar-refractivity contribution in [3.05, 3.63) is 12.2 Å². The average Bonchev–Trinajstić information content (AvgIpc) is 3.70. The van der Waals surface area contributed by atoms with Gasteiger partial charge in [-0.1, -0.05) is 27.7 Å². The van der Waals surface area contributed by atoms with Gasteiger partial charge in [-0.2, -0.15) is 0 Å². The second kappa shape index (κ2) is 17.5. The molecule has 3 heterocycles. The number of hydrogen-bond donors (Lipinski definition) is 5. The van der Waals surface area contributed by atoms with Gasteiger partial charge in [-0.25, -0.2) is 0 Å². The van der Waals surface area contributed by atoms with Crippen molar-refractivity contribution in [2.75, 3.05) is 19.8 Å². The summed E-state index contributed by atoms with van der Waals surface area (Å²) in [4.78, 5) is 39.9. The topological polar surface area (TPSA) is 202 Å². The Kier molecular flexibility index (Phi) is 14.9. The van der Waals surface area contributed by atoms with Gasteiger partial charge < -0.3 is 50.0 Å². The molecule has 13 nitrogen and oxygen atoms in total. The summed E-state index contributed by atoms with van der Waals surface area (Å²) in [5, 5.41) is 43.2. The third-order valence-electron chi connectivity index (χ3n) is 10.2. The highest BCUT2D eigenvalue weighted by atomic mass is 32.2. The number of allylic oxidation sites excluding steroid dienone is 1. The first-order valence-electron chi connectivity index (χ1n) is 17.1. The predicted molar refractivity (Wildman–Crippen MR) is 180 cm³/mol. The van der Waals surface area contributed by atoms with E-state index >= 15 is 0 Å². The van der Waals surface area contributed by atoms with Gasteiger partial charge in [-0.05, 0) is 71.7 Å². The van der Waals surface area contributed by atoms with Gasteiger partial charge >= 0.3 is 11.9 Å². The zero-order chi connectivity index (χ0) is 36.1. The summed E-state index contributed by atoms with van der Waals surface area (Å²) in [7, 11) is 3.71. The van der Waals surface area contributed by atoms with Crippen LogP contribution in [0.2, 0.25) is 0 Å². The number of nitrogens with two attached hydrogens (primary N) is 1. The summed E-state index contributed by atoms with van der Waals surface area (Å²) >= 11 is 0.967. The Morgan fingerprint density at radius 1 is 1.17 bits per heavy atom. The van der Waals surface area contributed by atoms with Gasteiger partial charge in [0.1, 0.15) is 23.9 Å². The summed E-state index contributed by atoms with van der Waals surface area (Å²) in [5.74, 6) is -4.05. The number of aliphatic hydroxyl groups is 3. The molecular formula is C34H58N2O11S. The number of aliphatic hydroxyl groups excluding tert-OH is 3. The summed E-state index contributed by atoms with van der Waals surface area (Å²) in [6.07, 6.45) is -1.04. The maximum Gasteiger partial charge on any atom is 0.321 e. The Hall–Kier alpha value is -1.62. The van der Waals surface area contributed by atoms with E-state index in [4.69, 9.17) is 24.7 Å². The van der Waals surface area contributed by atoms with E-state index in [1.165, 1.54) is 6.08 Å². The molecule has 0 aromatic rings. The summed E-state index contributed by atoms with van der Waals surface area (Å²) in [6, 6.07) is -1.48. The van der Waals surface area contributed by atoms with Gasteiger partial charge in [0.2, 0.25) is 0 Å². The van der Waals surface area contributed by atoms with Crippen molar-refractivity contribution in [3.8, 4) is 0 Å². The van der Waals surface area contributed by atoms with Crippen molar-refractivity contribution in [3.63, 3.8) is 0 Å². The molecule has 0 unspecified atom stereocenters. The molecule has 15 atom stereocenters. The number of thioether (sulfide) groups is 1. The van der Waals surface area contributed by atoms with E-state index < -0.39 is 77.5 Å². The number of epoxide rings is 1. The normalized spacial score (nSPS) is 41.4. The highest BCUT2D eigenvalue weighted by Gasteiger charge is 2.55. The van der Waals surface area contributed by atoms with Gasteiger partial charge in [0, 0.05) is 29.5 Å². The molecule has 2 fully saturated rings. The molecule has 3 aliphatic heterocycles. The molecule has 14 heteroatoms. The Morgan fingerprint density at radius 2 is 1.83 bits per heavy atom. The number of carboxylic acid groups (broad SMARTS) is 1. The van der Waals surface area contributed by atoms with Gasteiger partial charge in [0.25, 0.3) is 0 Å². The lowest BCUT2D eigenvalue weighted by Gasteiger charge is -2.44. The molecular weight excluding hydrogens is 644 g/mol. The molecule has 48 heavy (non-hydrogen) atoms. The Morgan fingerprint density at radius 3 is 2.44 bits per heavy atom. The first kappa shape index (κ1) is 40.8. The van der Waals surface area contributed by atoms with Crippen LogP contribution in [0, 0.1) is 23.7 Å². The molecule has 0 radical (unpaired) electrons. The number of fused-ring (bicyclic) bond motifs is 1. The SMILES string of the molecule is CC[C@@H]1OC(=O)C[C@H](O)[C@@H](C)[C@@H](O[C@H]2O[C@@H](C)C[C@@H](N(C)C)[C@H]2O)[C@H](C[C@H](O)SC[C@H](N)C(=O)O)C[C@@H](C)C(=O)C=C[C@@]2(C)O[C@H]2[C@H]1C. The summed E-state index contributed by atoms with van der Waals surface area (Å²) < 4.78 is 24.5. The second-order valence-corrected chi connectivity index (χ2v) is 15.6. The second-order valence-electron chi connectivity index (χ2n) is 14.4. The lowest BCUT2D eigenvalue weighted by molar-refractivity contribution is -0.283. The minimum Gasteiger partial charge on any atom is -0.480 e. The third-order valence-corrected chi connectivity index (χ3v) is 11.3. The maximum absolute atomic E-state index is 13.5. The molecule has 0 amide bonds. The standard InChI is InChI=1S/C34H58N2O11S/c1-9-26-20(5)31-34(6,47-31)11-10-24(37)17(2)12-21(14-28(40)48-16-22(35)32(42)43)30(19(4)25(38)15-27(39)45-26)46-33-29(41)23(36(7)8)13-18(3)44-33/h10-11,17-23,25-26,28-31,33,38,40-41H,9,12-16,35H2,1-8H3,(H,42,43)/t17-,18+,19-,20+,21+,22+,23-,25+,26+,28-,29-,30-,31+,33-,34-/m1/s1. The quantitative estimate of drug-likeness (QED) is 0.126. The van der Waals surface area contributed by atoms with E-state index in [2.05, 4.69) is 0 Å². The van der Waals surface area contributed by atoms with Crippen LogP contribution in [-0.4, -0.2) is 129 Å². The van der Waals surface area contributed by atoms with Crippen molar-refractivity contribution in [1.29, 1.82) is 0 Å². The van der Waals surface area contributed by atoms with E-state index in [1.807, 2.05) is 46.7 Å². The number of carbonyl (C=O) groups is 3. The van der Waals surface area contributed by atoms with Crippen LogP contribution in [-0.2, 0) is 33.3 Å². The van der Waals surface area contributed by atoms with Crippen LogP contribution in [0.25, 0.3) is 0 Å². The van der Waals surface area contributed by atoms with Gasteiger partial charge in [0.15, 0.2) is 12.1 Å². The number of ether oxygens (including phenoxy) is 4. The molecule has 0 spiro atoms. The first-order valence-corrected chi connectivity index (χ1v) is 18.1. The van der Waals surface area contributed by atoms with Crippen LogP contribution >= 0.6 is 11.8 Å². The fraction of sp³-hybridized carbons (Fsp3) is 0.853. The first-order chi connectivity index (χ1) is 22.4. The predicted octanol–water partition coefficient (Wildman–Crippen LogP) is 1.94. The molecule has 0 bridgehead atoms. The largest absolute Gasteiger partial charge is 0.480 e. The van der Waals surface area contributed by atoms with Crippen molar-refractivity contribution in [1.82, 2.24) is 4.90 Å². The number of nitrogens with zero attached hydrogens (tertiary/aromatic N) is 1. The molecule has 0 aliphatic carbocycles. The minimum absolute atomic E-state index is 0.0400. The zero-order valence-corrected chi connectivity index (χ0v) is 30.4. The number of cyclic esters (lactones) is 1. The highest BCUT2D eigenvalue weighted by Crippen LogP contribution is 2.45.